The van der Waals surface area contributed by atoms with Gasteiger partial charge < -0.3 is 14.5 Å². The first kappa shape index (κ1) is 25.7. The predicted octanol–water partition coefficient (Wildman–Crippen LogP) is 3.27. The van der Waals surface area contributed by atoms with Gasteiger partial charge in [-0.1, -0.05) is 29.8 Å². The smallest absolute Gasteiger partial charge is 0.329 e. The van der Waals surface area contributed by atoms with E-state index in [9.17, 15) is 18.0 Å². The maximum Gasteiger partial charge on any atom is 0.329 e. The quantitative estimate of drug-likeness (QED) is 0.291. The Morgan fingerprint density at radius 3 is 2.38 bits per heavy atom. The van der Waals surface area contributed by atoms with E-state index in [2.05, 4.69) is 0 Å². The van der Waals surface area contributed by atoms with Crippen molar-refractivity contribution in [2.24, 2.45) is 0 Å². The lowest BCUT2D eigenvalue weighted by Crippen LogP contribution is -2.59. The van der Waals surface area contributed by atoms with E-state index in [0.29, 0.717) is 22.0 Å². The molecule has 37 heavy (non-hydrogen) atoms. The minimum atomic E-state index is -3.91. The summed E-state index contributed by atoms with van der Waals surface area (Å²) in [6, 6.07) is 12.4. The van der Waals surface area contributed by atoms with E-state index >= 15 is 0 Å². The Morgan fingerprint density at radius 2 is 1.73 bits per heavy atom. The number of nitrogens with zero attached hydrogens (tertiary/aromatic N) is 3. The molecular formula is C25H25ClN4O5S2. The topological polar surface area (TPSA) is 111 Å². The highest BCUT2D eigenvalue weighted by Crippen LogP contribution is 2.33. The number of thiophene rings is 1. The number of rotatable bonds is 5. The monoisotopic (exact) mass is 560 g/mol. The second kappa shape index (κ2) is 10.1. The van der Waals surface area contributed by atoms with Gasteiger partial charge in [0.15, 0.2) is 0 Å². The molecule has 1 atom stereocenters. The molecule has 2 saturated heterocycles. The van der Waals surface area contributed by atoms with E-state index in [0.717, 1.165) is 40.9 Å². The number of sulfonamides is 1. The average Bonchev–Trinajstić information content (AvgIpc) is 3.30. The van der Waals surface area contributed by atoms with Crippen molar-refractivity contribution < 1.29 is 22.7 Å². The van der Waals surface area contributed by atoms with Gasteiger partial charge in [-0.3, -0.25) is 10.2 Å². The lowest BCUT2D eigenvalue weighted by molar-refractivity contribution is -0.147. The molecule has 3 aromatic rings. The second-order valence-electron chi connectivity index (χ2n) is 8.91. The Morgan fingerprint density at radius 1 is 1.03 bits per heavy atom. The summed E-state index contributed by atoms with van der Waals surface area (Å²) in [5.74, 6) is -0.668. The number of esters is 1. The van der Waals surface area contributed by atoms with Crippen molar-refractivity contribution in [2.75, 3.05) is 39.8 Å². The number of fused-ring (bicyclic) bond motifs is 1. The average molecular weight is 561 g/mol. The van der Waals surface area contributed by atoms with Gasteiger partial charge in [-0.25, -0.2) is 13.2 Å². The largest absolute Gasteiger partial charge is 0.467 e. The second-order valence-corrected chi connectivity index (χ2v) is 12.6. The van der Waals surface area contributed by atoms with Crippen molar-refractivity contribution in [2.45, 2.75) is 16.7 Å². The van der Waals surface area contributed by atoms with Crippen molar-refractivity contribution in [3.8, 4) is 0 Å². The fraction of sp³-hybridized carbons (Fsp3) is 0.320. The summed E-state index contributed by atoms with van der Waals surface area (Å²) in [7, 11) is -2.70. The molecule has 12 heteroatoms. The number of hydrogen-bond donors (Lipinski definition) is 1. The van der Waals surface area contributed by atoms with Crippen LogP contribution in [0.5, 0.6) is 0 Å². The third-order valence-corrected chi connectivity index (χ3v) is 10.4. The maximum absolute atomic E-state index is 13.5. The molecular weight excluding hydrogens is 536 g/mol. The van der Waals surface area contributed by atoms with Gasteiger partial charge in [0.2, 0.25) is 0 Å². The number of benzene rings is 2. The molecule has 0 saturated carbocycles. The van der Waals surface area contributed by atoms with Crippen LogP contribution in [0, 0.1) is 5.41 Å². The summed E-state index contributed by atoms with van der Waals surface area (Å²) in [6.45, 7) is 1.55. The van der Waals surface area contributed by atoms with Gasteiger partial charge in [0.25, 0.3) is 15.9 Å². The zero-order valence-corrected chi connectivity index (χ0v) is 22.4. The van der Waals surface area contributed by atoms with E-state index in [-0.39, 0.29) is 23.8 Å². The summed E-state index contributed by atoms with van der Waals surface area (Å²) in [4.78, 5) is 29.4. The van der Waals surface area contributed by atoms with Gasteiger partial charge in [0.05, 0.1) is 7.11 Å². The number of carbonyl (C=O) groups excluding carboxylic acids is 2. The Labute approximate surface area is 223 Å². The van der Waals surface area contributed by atoms with Crippen LogP contribution in [0.3, 0.4) is 0 Å². The molecule has 2 fully saturated rings. The molecule has 2 aliphatic rings. The maximum atomic E-state index is 13.5. The zero-order valence-electron chi connectivity index (χ0n) is 20.0. The van der Waals surface area contributed by atoms with Crippen LogP contribution in [0.1, 0.15) is 22.3 Å². The minimum absolute atomic E-state index is 0.0277. The van der Waals surface area contributed by atoms with E-state index in [1.54, 1.807) is 48.5 Å². The van der Waals surface area contributed by atoms with Gasteiger partial charge in [0, 0.05) is 53.6 Å². The van der Waals surface area contributed by atoms with Crippen LogP contribution in [-0.2, 0) is 19.6 Å². The number of halogens is 1. The summed E-state index contributed by atoms with van der Waals surface area (Å²) in [5.41, 5.74) is 1.06. The molecule has 5 rings (SSSR count). The number of methoxy groups -OCH3 is 1. The molecule has 2 aliphatic heterocycles. The van der Waals surface area contributed by atoms with Crippen molar-refractivity contribution >= 4 is 60.8 Å². The first-order valence-corrected chi connectivity index (χ1v) is 14.3. The number of hydrogen-bond acceptors (Lipinski definition) is 7. The van der Waals surface area contributed by atoms with E-state index < -0.39 is 27.9 Å². The Hall–Kier alpha value is -2.99. The number of ether oxygens (including phenoxy) is 1. The SMILES string of the molecule is COC(=O)C1CN(S(=O)(=O)c2cc3ccc(Cl)cc3s2)CCN1C(=O)c1ccc(C(=N)N2CCC2)cc1. The summed E-state index contributed by atoms with van der Waals surface area (Å²) < 4.78 is 34.0. The molecule has 2 aromatic carbocycles. The predicted molar refractivity (Wildman–Crippen MR) is 142 cm³/mol. The highest BCUT2D eigenvalue weighted by atomic mass is 35.5. The summed E-state index contributed by atoms with van der Waals surface area (Å²) in [6.07, 6.45) is 1.06. The Kier molecular flexibility index (Phi) is 6.97. The lowest BCUT2D eigenvalue weighted by Gasteiger charge is -2.39. The van der Waals surface area contributed by atoms with Crippen molar-refractivity contribution in [1.82, 2.24) is 14.1 Å². The van der Waals surface area contributed by atoms with Gasteiger partial charge in [-0.15, -0.1) is 11.3 Å². The fourth-order valence-corrected chi connectivity index (χ4v) is 7.72. The zero-order chi connectivity index (χ0) is 26.3. The third-order valence-electron chi connectivity index (χ3n) is 6.71. The molecule has 9 nitrogen and oxygen atoms in total. The molecule has 0 aliphatic carbocycles. The highest BCUT2D eigenvalue weighted by molar-refractivity contribution is 7.91. The van der Waals surface area contributed by atoms with Crippen LogP contribution in [0.25, 0.3) is 10.1 Å². The van der Waals surface area contributed by atoms with Gasteiger partial charge in [-0.05, 0) is 42.1 Å². The van der Waals surface area contributed by atoms with Gasteiger partial charge in [0.1, 0.15) is 16.1 Å². The summed E-state index contributed by atoms with van der Waals surface area (Å²) in [5, 5.41) is 9.55. The molecule has 0 spiro atoms. The number of nitrogens with one attached hydrogen (secondary N) is 1. The number of amidine groups is 1. The number of carbonyl (C=O) groups is 2. The van der Waals surface area contributed by atoms with Gasteiger partial charge >= 0.3 is 5.97 Å². The van der Waals surface area contributed by atoms with E-state index in [1.165, 1.54) is 16.3 Å². The van der Waals surface area contributed by atoms with Crippen LogP contribution < -0.4 is 0 Å². The fourth-order valence-electron chi connectivity index (χ4n) is 4.45. The van der Waals surface area contributed by atoms with Crippen LogP contribution in [-0.4, -0.2) is 86.1 Å². The first-order chi connectivity index (χ1) is 17.7. The van der Waals surface area contributed by atoms with Crippen molar-refractivity contribution in [1.29, 1.82) is 5.41 Å². The van der Waals surface area contributed by atoms with Crippen LogP contribution in [0.4, 0.5) is 0 Å². The minimum Gasteiger partial charge on any atom is -0.467 e. The van der Waals surface area contributed by atoms with Crippen LogP contribution in [0.2, 0.25) is 5.02 Å². The summed E-state index contributed by atoms with van der Waals surface area (Å²) >= 11 is 7.16. The molecule has 1 unspecified atom stereocenters. The van der Waals surface area contributed by atoms with Crippen LogP contribution >= 0.6 is 22.9 Å². The Bertz CT molecular complexity index is 1480. The number of likely N-dealkylation sites (tertiary alicyclic amines) is 1. The standard InChI is InChI=1S/C25H25ClN4O5S2/c1-35-25(32)20-15-29(37(33,34)22-13-18-7-8-19(26)14-21(18)36-22)11-12-30(20)24(31)17-5-3-16(4-6-17)23(27)28-9-2-10-28/h3-8,13-14,20,27H,2,9-12,15H2,1H3. The lowest BCUT2D eigenvalue weighted by atomic mass is 10.1. The molecule has 0 radical (unpaired) electrons. The normalized spacial score (nSPS) is 18.5. The highest BCUT2D eigenvalue weighted by Gasteiger charge is 2.41. The first-order valence-electron chi connectivity index (χ1n) is 11.7. The van der Waals surface area contributed by atoms with E-state index in [1.807, 2.05) is 4.90 Å². The van der Waals surface area contributed by atoms with Crippen molar-refractivity contribution in [3.63, 3.8) is 0 Å². The van der Waals surface area contributed by atoms with Gasteiger partial charge in [-0.2, -0.15) is 4.31 Å². The molecule has 0 bridgehead atoms. The molecule has 1 N–H and O–H groups in total. The van der Waals surface area contributed by atoms with E-state index in [4.69, 9.17) is 21.7 Å². The third kappa shape index (κ3) is 4.84. The molecule has 1 aromatic heterocycles. The van der Waals surface area contributed by atoms with Crippen LogP contribution in [0.15, 0.2) is 52.7 Å². The number of amides is 1. The molecule has 3 heterocycles. The molecule has 1 amide bonds. The Balaban J connectivity index is 1.36. The number of piperazine rings is 1. The van der Waals surface area contributed by atoms with Crippen molar-refractivity contribution in [3.05, 3.63) is 64.7 Å². The molecule has 194 valence electrons.